The monoisotopic (exact) mass is 165 g/mol. The highest BCUT2D eigenvalue weighted by Gasteiger charge is 2.02. The van der Waals surface area contributed by atoms with Crippen LogP contribution in [0.25, 0.3) is 0 Å². The standard InChI is InChI=1S/C8H9N2O2/c9-6-5-7-1-3-8(4-2-7)10(11)12/h1-4,9H,5-6H2. The third kappa shape index (κ3) is 2.03. The molecule has 0 aliphatic rings. The number of hydrogen-bond acceptors (Lipinski definition) is 2. The molecule has 63 valence electrons. The van der Waals surface area contributed by atoms with Gasteiger partial charge in [-0.15, -0.1) is 0 Å². The van der Waals surface area contributed by atoms with Crippen LogP contribution < -0.4 is 5.73 Å². The Labute approximate surface area is 70.2 Å². The van der Waals surface area contributed by atoms with Gasteiger partial charge in [-0.3, -0.25) is 15.8 Å². The number of nitrogens with zero attached hydrogens (tertiary/aromatic N) is 1. The van der Waals surface area contributed by atoms with Crippen LogP contribution in [-0.4, -0.2) is 11.5 Å². The first-order chi connectivity index (χ1) is 5.74. The summed E-state index contributed by atoms with van der Waals surface area (Å²) in [6.07, 6.45) is 0.651. The zero-order valence-corrected chi connectivity index (χ0v) is 6.49. The molecule has 0 saturated carbocycles. The van der Waals surface area contributed by atoms with Crippen LogP contribution in [0.2, 0.25) is 0 Å². The van der Waals surface area contributed by atoms with Crippen molar-refractivity contribution in [3.63, 3.8) is 0 Å². The van der Waals surface area contributed by atoms with Crippen molar-refractivity contribution in [3.8, 4) is 0 Å². The van der Waals surface area contributed by atoms with E-state index >= 15 is 0 Å². The molecule has 0 heterocycles. The van der Waals surface area contributed by atoms with E-state index in [1.807, 2.05) is 0 Å². The molecular weight excluding hydrogens is 156 g/mol. The van der Waals surface area contributed by atoms with E-state index in [0.29, 0.717) is 13.0 Å². The number of nitrogens with one attached hydrogen (secondary N) is 1. The Morgan fingerprint density at radius 1 is 1.33 bits per heavy atom. The van der Waals surface area contributed by atoms with Crippen molar-refractivity contribution in [2.75, 3.05) is 6.54 Å². The van der Waals surface area contributed by atoms with Crippen molar-refractivity contribution in [1.29, 1.82) is 0 Å². The van der Waals surface area contributed by atoms with Crippen LogP contribution in [0, 0.1) is 10.1 Å². The number of nitro groups is 1. The third-order valence-electron chi connectivity index (χ3n) is 1.56. The second-order valence-electron chi connectivity index (χ2n) is 2.42. The minimum absolute atomic E-state index is 0.101. The van der Waals surface area contributed by atoms with E-state index in [1.54, 1.807) is 12.1 Å². The Bertz CT molecular complexity index is 269. The molecule has 0 fully saturated rings. The molecular formula is C8H9N2O2. The first-order valence-corrected chi connectivity index (χ1v) is 3.62. The van der Waals surface area contributed by atoms with Gasteiger partial charge in [0, 0.05) is 18.7 Å². The SMILES string of the molecule is [NH]CCc1ccc([N+](=O)[O-])cc1. The molecule has 1 aromatic rings. The summed E-state index contributed by atoms with van der Waals surface area (Å²) >= 11 is 0. The van der Waals surface area contributed by atoms with E-state index in [0.717, 1.165) is 5.56 Å². The average Bonchev–Trinajstić information content (AvgIpc) is 2.06. The number of non-ortho nitro benzene ring substituents is 1. The Morgan fingerprint density at radius 3 is 2.33 bits per heavy atom. The van der Waals surface area contributed by atoms with Gasteiger partial charge < -0.3 is 0 Å². The average molecular weight is 165 g/mol. The van der Waals surface area contributed by atoms with Gasteiger partial charge in [-0.2, -0.15) is 0 Å². The summed E-state index contributed by atoms with van der Waals surface area (Å²) in [5, 5.41) is 10.2. The van der Waals surface area contributed by atoms with Crippen LogP contribution in [0.15, 0.2) is 24.3 Å². The maximum Gasteiger partial charge on any atom is 0.269 e. The fourth-order valence-corrected chi connectivity index (χ4v) is 0.929. The zero-order valence-electron chi connectivity index (χ0n) is 6.49. The normalized spacial score (nSPS) is 9.75. The predicted octanol–water partition coefficient (Wildman–Crippen LogP) is 1.42. The molecule has 0 aliphatic heterocycles. The topological polar surface area (TPSA) is 66.9 Å². The van der Waals surface area contributed by atoms with Crippen LogP contribution in [0.4, 0.5) is 5.69 Å². The molecule has 0 unspecified atom stereocenters. The van der Waals surface area contributed by atoms with Crippen LogP contribution in [0.3, 0.4) is 0 Å². The van der Waals surface area contributed by atoms with E-state index in [9.17, 15) is 10.1 Å². The smallest absolute Gasteiger partial charge is 0.258 e. The van der Waals surface area contributed by atoms with E-state index in [-0.39, 0.29) is 5.69 Å². The Morgan fingerprint density at radius 2 is 1.92 bits per heavy atom. The molecule has 4 heteroatoms. The highest BCUT2D eigenvalue weighted by molar-refractivity contribution is 5.32. The summed E-state index contributed by atoms with van der Waals surface area (Å²) < 4.78 is 0. The lowest BCUT2D eigenvalue weighted by molar-refractivity contribution is -0.384. The molecule has 1 radical (unpaired) electrons. The number of hydrogen-bond donors (Lipinski definition) is 0. The summed E-state index contributed by atoms with van der Waals surface area (Å²) in [7, 11) is 0. The van der Waals surface area contributed by atoms with Crippen LogP contribution in [-0.2, 0) is 6.42 Å². The lowest BCUT2D eigenvalue weighted by Crippen LogP contribution is -1.93. The van der Waals surface area contributed by atoms with Crippen molar-refractivity contribution in [3.05, 3.63) is 39.9 Å². The van der Waals surface area contributed by atoms with Gasteiger partial charge in [0.25, 0.3) is 5.69 Å². The predicted molar refractivity (Wildman–Crippen MR) is 44.8 cm³/mol. The Kier molecular flexibility index (Phi) is 2.76. The molecule has 0 saturated heterocycles. The Hall–Kier alpha value is -1.42. The van der Waals surface area contributed by atoms with Gasteiger partial charge in [-0.25, -0.2) is 0 Å². The molecule has 4 nitrogen and oxygen atoms in total. The second kappa shape index (κ2) is 3.82. The molecule has 0 atom stereocenters. The van der Waals surface area contributed by atoms with E-state index in [1.165, 1.54) is 12.1 Å². The minimum Gasteiger partial charge on any atom is -0.258 e. The minimum atomic E-state index is -0.426. The number of benzene rings is 1. The fourth-order valence-electron chi connectivity index (χ4n) is 0.929. The first kappa shape index (κ1) is 8.67. The summed E-state index contributed by atoms with van der Waals surface area (Å²) in [5.74, 6) is 0. The van der Waals surface area contributed by atoms with E-state index in [2.05, 4.69) is 0 Å². The van der Waals surface area contributed by atoms with Crippen LogP contribution >= 0.6 is 0 Å². The van der Waals surface area contributed by atoms with Crippen molar-refractivity contribution in [2.24, 2.45) is 0 Å². The lowest BCUT2D eigenvalue weighted by atomic mass is 10.1. The second-order valence-corrected chi connectivity index (χ2v) is 2.42. The molecule has 1 rings (SSSR count). The molecule has 1 aromatic carbocycles. The van der Waals surface area contributed by atoms with Gasteiger partial charge in [0.2, 0.25) is 0 Å². The summed E-state index contributed by atoms with van der Waals surface area (Å²) in [4.78, 5) is 9.81. The maximum atomic E-state index is 10.2. The fraction of sp³-hybridized carbons (Fsp3) is 0.250. The van der Waals surface area contributed by atoms with Gasteiger partial charge in [0.15, 0.2) is 0 Å². The summed E-state index contributed by atoms with van der Waals surface area (Å²) in [6, 6.07) is 6.30. The first-order valence-electron chi connectivity index (χ1n) is 3.62. The van der Waals surface area contributed by atoms with Gasteiger partial charge in [-0.1, -0.05) is 12.1 Å². The molecule has 0 amide bonds. The zero-order chi connectivity index (χ0) is 8.97. The van der Waals surface area contributed by atoms with E-state index in [4.69, 9.17) is 5.73 Å². The maximum absolute atomic E-state index is 10.2. The highest BCUT2D eigenvalue weighted by atomic mass is 16.6. The Balaban J connectivity index is 2.78. The summed E-state index contributed by atoms with van der Waals surface area (Å²) in [6.45, 7) is 0.317. The molecule has 12 heavy (non-hydrogen) atoms. The van der Waals surface area contributed by atoms with Gasteiger partial charge in [0.05, 0.1) is 4.92 Å². The largest absolute Gasteiger partial charge is 0.269 e. The van der Waals surface area contributed by atoms with Gasteiger partial charge in [0.1, 0.15) is 0 Å². The van der Waals surface area contributed by atoms with Gasteiger partial charge in [-0.05, 0) is 12.0 Å². The van der Waals surface area contributed by atoms with Crippen molar-refractivity contribution >= 4 is 5.69 Å². The van der Waals surface area contributed by atoms with Crippen LogP contribution in [0.5, 0.6) is 0 Å². The van der Waals surface area contributed by atoms with Crippen molar-refractivity contribution in [2.45, 2.75) is 6.42 Å². The van der Waals surface area contributed by atoms with E-state index < -0.39 is 4.92 Å². The molecule has 0 aliphatic carbocycles. The van der Waals surface area contributed by atoms with Crippen LogP contribution in [0.1, 0.15) is 5.56 Å². The molecule has 0 bridgehead atoms. The van der Waals surface area contributed by atoms with Crippen molar-refractivity contribution in [1.82, 2.24) is 5.73 Å². The summed E-state index contributed by atoms with van der Waals surface area (Å²) in [5.41, 5.74) is 8.01. The quantitative estimate of drug-likeness (QED) is 0.502. The number of nitro benzene ring substituents is 1. The molecule has 0 spiro atoms. The highest BCUT2D eigenvalue weighted by Crippen LogP contribution is 2.11. The lowest BCUT2D eigenvalue weighted by Gasteiger charge is -1.95. The van der Waals surface area contributed by atoms with Crippen molar-refractivity contribution < 1.29 is 4.92 Å². The molecule has 1 N–H and O–H groups in total. The third-order valence-corrected chi connectivity index (χ3v) is 1.56. The number of rotatable bonds is 3. The van der Waals surface area contributed by atoms with Gasteiger partial charge >= 0.3 is 0 Å². The molecule has 0 aromatic heterocycles.